The van der Waals surface area contributed by atoms with Crippen LogP contribution < -0.4 is 5.56 Å². The fourth-order valence-electron chi connectivity index (χ4n) is 3.78. The van der Waals surface area contributed by atoms with Gasteiger partial charge in [-0.15, -0.1) is 11.3 Å². The van der Waals surface area contributed by atoms with Crippen molar-refractivity contribution < 1.29 is 4.42 Å². The standard InChI is InChI=1S/C27H25N3O2S2/c1-4-14-30-26(31)24-21(15-23(34-24)19-12-10-17(2)11-13-19)29-27(30)33-16-22-18(3)32-25(28-22)20-8-6-5-7-9-20/h5-13,15H,4,14,16H2,1-3H3. The van der Waals surface area contributed by atoms with Gasteiger partial charge in [-0.3, -0.25) is 9.36 Å². The molecule has 0 atom stereocenters. The van der Waals surface area contributed by atoms with Gasteiger partial charge in [0.25, 0.3) is 5.56 Å². The molecule has 0 fully saturated rings. The van der Waals surface area contributed by atoms with E-state index in [1.54, 1.807) is 4.57 Å². The van der Waals surface area contributed by atoms with Crippen molar-refractivity contribution in [3.63, 3.8) is 0 Å². The third-order valence-corrected chi connectivity index (χ3v) is 7.78. The molecule has 172 valence electrons. The third-order valence-electron chi connectivity index (χ3n) is 5.63. The maximum Gasteiger partial charge on any atom is 0.272 e. The van der Waals surface area contributed by atoms with Gasteiger partial charge >= 0.3 is 0 Å². The number of hydrogen-bond donors (Lipinski definition) is 0. The molecule has 34 heavy (non-hydrogen) atoms. The predicted octanol–water partition coefficient (Wildman–Crippen LogP) is 7.10. The summed E-state index contributed by atoms with van der Waals surface area (Å²) >= 11 is 3.05. The Hall–Kier alpha value is -3.16. The summed E-state index contributed by atoms with van der Waals surface area (Å²) in [6, 6.07) is 20.3. The second kappa shape index (κ2) is 9.60. The number of thioether (sulfide) groups is 1. The Labute approximate surface area is 206 Å². The predicted molar refractivity (Wildman–Crippen MR) is 141 cm³/mol. The van der Waals surface area contributed by atoms with Crippen LogP contribution in [0.3, 0.4) is 0 Å². The maximum absolute atomic E-state index is 13.4. The van der Waals surface area contributed by atoms with Gasteiger partial charge in [0.2, 0.25) is 5.89 Å². The number of thiophene rings is 1. The lowest BCUT2D eigenvalue weighted by Crippen LogP contribution is -2.22. The molecule has 0 amide bonds. The van der Waals surface area contributed by atoms with Gasteiger partial charge in [0, 0.05) is 22.7 Å². The fourth-order valence-corrected chi connectivity index (χ4v) is 5.86. The third kappa shape index (κ3) is 4.45. The van der Waals surface area contributed by atoms with Crippen LogP contribution in [0.2, 0.25) is 0 Å². The summed E-state index contributed by atoms with van der Waals surface area (Å²) in [6.45, 7) is 6.71. The van der Waals surface area contributed by atoms with Gasteiger partial charge in [-0.05, 0) is 44.0 Å². The largest absolute Gasteiger partial charge is 0.441 e. The van der Waals surface area contributed by atoms with E-state index in [0.717, 1.165) is 44.6 Å². The molecule has 0 radical (unpaired) electrons. The topological polar surface area (TPSA) is 60.9 Å². The molecule has 0 aliphatic heterocycles. The van der Waals surface area contributed by atoms with Gasteiger partial charge in [0.1, 0.15) is 10.5 Å². The first-order chi connectivity index (χ1) is 16.5. The minimum atomic E-state index is 0.0274. The molecule has 0 spiro atoms. The normalized spacial score (nSPS) is 11.4. The molecule has 7 heteroatoms. The minimum absolute atomic E-state index is 0.0274. The van der Waals surface area contributed by atoms with Crippen LogP contribution in [0, 0.1) is 13.8 Å². The van der Waals surface area contributed by atoms with Crippen LogP contribution in [0.4, 0.5) is 0 Å². The molecule has 5 nitrogen and oxygen atoms in total. The zero-order chi connectivity index (χ0) is 23.7. The zero-order valence-electron chi connectivity index (χ0n) is 19.4. The molecule has 0 aliphatic carbocycles. The lowest BCUT2D eigenvalue weighted by Gasteiger charge is -2.10. The van der Waals surface area contributed by atoms with Crippen LogP contribution in [-0.2, 0) is 12.3 Å². The van der Waals surface area contributed by atoms with E-state index in [-0.39, 0.29) is 5.56 Å². The minimum Gasteiger partial charge on any atom is -0.441 e. The maximum atomic E-state index is 13.4. The van der Waals surface area contributed by atoms with Crippen molar-refractivity contribution in [2.45, 2.75) is 44.6 Å². The van der Waals surface area contributed by atoms with E-state index in [0.29, 0.717) is 22.9 Å². The number of nitrogens with zero attached hydrogens (tertiary/aromatic N) is 3. The van der Waals surface area contributed by atoms with Crippen molar-refractivity contribution in [2.75, 3.05) is 0 Å². The quantitative estimate of drug-likeness (QED) is 0.181. The molecule has 0 aliphatic rings. The van der Waals surface area contributed by atoms with Crippen LogP contribution in [-0.4, -0.2) is 14.5 Å². The number of rotatable bonds is 7. The highest BCUT2D eigenvalue weighted by Crippen LogP contribution is 2.33. The Balaban J connectivity index is 1.48. The first kappa shape index (κ1) is 22.6. The summed E-state index contributed by atoms with van der Waals surface area (Å²) in [6.07, 6.45) is 0.859. The Morgan fingerprint density at radius 3 is 2.50 bits per heavy atom. The average Bonchev–Trinajstić information content (AvgIpc) is 3.44. The lowest BCUT2D eigenvalue weighted by molar-refractivity contribution is 0.540. The van der Waals surface area contributed by atoms with Crippen molar-refractivity contribution in [1.29, 1.82) is 0 Å². The summed E-state index contributed by atoms with van der Waals surface area (Å²) in [5.41, 5.74) is 4.92. The molecule has 2 aromatic carbocycles. The van der Waals surface area contributed by atoms with Crippen LogP contribution in [0.1, 0.15) is 30.4 Å². The Morgan fingerprint density at radius 1 is 1.00 bits per heavy atom. The summed E-state index contributed by atoms with van der Waals surface area (Å²) in [4.78, 5) is 24.1. The number of aryl methyl sites for hydroxylation is 2. The monoisotopic (exact) mass is 487 g/mol. The number of fused-ring (bicyclic) bond motifs is 1. The summed E-state index contributed by atoms with van der Waals surface area (Å²) in [5.74, 6) is 1.98. The molecule has 0 saturated heterocycles. The van der Waals surface area contributed by atoms with Crippen molar-refractivity contribution in [1.82, 2.24) is 14.5 Å². The molecular weight excluding hydrogens is 462 g/mol. The van der Waals surface area contributed by atoms with Gasteiger partial charge in [0.05, 0.1) is 11.2 Å². The molecule has 0 bridgehead atoms. The summed E-state index contributed by atoms with van der Waals surface area (Å²) < 4.78 is 8.42. The number of benzene rings is 2. The van der Waals surface area contributed by atoms with Crippen LogP contribution in [0.15, 0.2) is 75.0 Å². The molecular formula is C27H25N3O2S2. The van der Waals surface area contributed by atoms with Gasteiger partial charge in [-0.25, -0.2) is 9.97 Å². The first-order valence-electron chi connectivity index (χ1n) is 11.3. The van der Waals surface area contributed by atoms with E-state index in [1.807, 2.05) is 43.3 Å². The van der Waals surface area contributed by atoms with Crippen molar-refractivity contribution in [3.8, 4) is 21.9 Å². The van der Waals surface area contributed by atoms with E-state index in [4.69, 9.17) is 14.4 Å². The van der Waals surface area contributed by atoms with Gasteiger partial charge < -0.3 is 4.42 Å². The highest BCUT2D eigenvalue weighted by atomic mass is 32.2. The smallest absolute Gasteiger partial charge is 0.272 e. The SMILES string of the molecule is CCCn1c(SCc2nc(-c3ccccc3)oc2C)nc2cc(-c3ccc(C)cc3)sc2c1=O. The van der Waals surface area contributed by atoms with Gasteiger partial charge in [-0.1, -0.05) is 66.7 Å². The first-order valence-corrected chi connectivity index (χ1v) is 13.1. The molecule has 0 unspecified atom stereocenters. The number of hydrogen-bond acceptors (Lipinski definition) is 6. The van der Waals surface area contributed by atoms with Gasteiger partial charge in [0.15, 0.2) is 5.16 Å². The molecule has 3 heterocycles. The molecule has 0 N–H and O–H groups in total. The van der Waals surface area contributed by atoms with E-state index in [2.05, 4.69) is 38.1 Å². The fraction of sp³-hybridized carbons (Fsp3) is 0.222. The molecule has 0 saturated carbocycles. The molecule has 5 rings (SSSR count). The van der Waals surface area contributed by atoms with E-state index < -0.39 is 0 Å². The van der Waals surface area contributed by atoms with Crippen molar-refractivity contribution in [3.05, 3.63) is 88.0 Å². The number of oxazole rings is 1. The molecule has 5 aromatic rings. The average molecular weight is 488 g/mol. The second-order valence-corrected chi connectivity index (χ2v) is 10.2. The second-order valence-electron chi connectivity index (χ2n) is 8.22. The van der Waals surface area contributed by atoms with Crippen molar-refractivity contribution in [2.24, 2.45) is 0 Å². The van der Waals surface area contributed by atoms with E-state index in [9.17, 15) is 4.79 Å². The highest BCUT2D eigenvalue weighted by molar-refractivity contribution is 7.98. The Morgan fingerprint density at radius 2 is 1.76 bits per heavy atom. The Bertz CT molecular complexity index is 1500. The van der Waals surface area contributed by atoms with E-state index >= 15 is 0 Å². The Kier molecular flexibility index (Phi) is 6.39. The molecule has 3 aromatic heterocycles. The summed E-state index contributed by atoms with van der Waals surface area (Å²) in [5, 5.41) is 0.719. The van der Waals surface area contributed by atoms with Crippen LogP contribution in [0.5, 0.6) is 0 Å². The van der Waals surface area contributed by atoms with Crippen LogP contribution >= 0.6 is 23.1 Å². The van der Waals surface area contributed by atoms with Crippen molar-refractivity contribution >= 4 is 33.3 Å². The zero-order valence-corrected chi connectivity index (χ0v) is 21.0. The van der Waals surface area contributed by atoms with Gasteiger partial charge in [-0.2, -0.15) is 0 Å². The summed E-state index contributed by atoms with van der Waals surface area (Å²) in [7, 11) is 0. The highest BCUT2D eigenvalue weighted by Gasteiger charge is 2.17. The van der Waals surface area contributed by atoms with E-state index in [1.165, 1.54) is 28.7 Å². The number of aromatic nitrogens is 3. The van der Waals surface area contributed by atoms with Crippen LogP contribution in [0.25, 0.3) is 32.1 Å². The lowest BCUT2D eigenvalue weighted by atomic mass is 10.1.